The molecule has 0 aliphatic heterocycles. The second-order valence-corrected chi connectivity index (χ2v) is 6.74. The van der Waals surface area contributed by atoms with Gasteiger partial charge in [0.1, 0.15) is 6.61 Å². The van der Waals surface area contributed by atoms with E-state index in [0.29, 0.717) is 28.3 Å². The van der Waals surface area contributed by atoms with E-state index >= 15 is 0 Å². The zero-order valence-corrected chi connectivity index (χ0v) is 17.7. The fraction of sp³-hybridized carbons (Fsp3) is 0.227. The van der Waals surface area contributed by atoms with Gasteiger partial charge < -0.3 is 18.9 Å². The minimum Gasteiger partial charge on any atom is -0.493 e. The number of carbonyl (C=O) groups is 2. The van der Waals surface area contributed by atoms with Crippen LogP contribution < -0.4 is 9.47 Å². The van der Waals surface area contributed by atoms with E-state index in [1.165, 1.54) is 33.5 Å². The van der Waals surface area contributed by atoms with Crippen LogP contribution in [0.3, 0.4) is 0 Å². The molecule has 0 atom stereocenters. The molecule has 1 aromatic heterocycles. The van der Waals surface area contributed by atoms with Gasteiger partial charge in [0.15, 0.2) is 11.5 Å². The number of pyridine rings is 1. The number of esters is 2. The Balaban J connectivity index is 1.94. The first-order chi connectivity index (χ1) is 14.4. The van der Waals surface area contributed by atoms with Crippen LogP contribution in [0, 0.1) is 6.92 Å². The van der Waals surface area contributed by atoms with Crippen molar-refractivity contribution in [3.8, 4) is 11.5 Å². The van der Waals surface area contributed by atoms with Gasteiger partial charge in [0.05, 0.1) is 48.7 Å². The van der Waals surface area contributed by atoms with E-state index in [0.717, 1.165) is 5.39 Å². The maximum atomic E-state index is 12.6. The Morgan fingerprint density at radius 3 is 2.43 bits per heavy atom. The van der Waals surface area contributed by atoms with Gasteiger partial charge in [-0.25, -0.2) is 14.6 Å². The molecule has 0 saturated carbocycles. The minimum atomic E-state index is -0.652. The summed E-state index contributed by atoms with van der Waals surface area (Å²) >= 11 is 6.16. The maximum absolute atomic E-state index is 12.6. The van der Waals surface area contributed by atoms with Crippen LogP contribution >= 0.6 is 11.6 Å². The third kappa shape index (κ3) is 4.02. The highest BCUT2D eigenvalue weighted by Gasteiger charge is 2.22. The topological polar surface area (TPSA) is 84.0 Å². The summed E-state index contributed by atoms with van der Waals surface area (Å²) in [5.74, 6) is -0.588. The number of rotatable bonds is 6. The Hall–Kier alpha value is -3.32. The maximum Gasteiger partial charge on any atom is 0.340 e. The minimum absolute atomic E-state index is 0.176. The van der Waals surface area contributed by atoms with Gasteiger partial charge in [0.2, 0.25) is 0 Å². The van der Waals surface area contributed by atoms with Gasteiger partial charge >= 0.3 is 11.9 Å². The summed E-state index contributed by atoms with van der Waals surface area (Å²) in [4.78, 5) is 29.5. The highest BCUT2D eigenvalue weighted by molar-refractivity contribution is 6.32. The normalized spacial score (nSPS) is 10.6. The van der Waals surface area contributed by atoms with Crippen molar-refractivity contribution in [3.05, 3.63) is 63.8 Å². The van der Waals surface area contributed by atoms with Crippen molar-refractivity contribution in [2.75, 3.05) is 21.3 Å². The molecule has 156 valence electrons. The number of hydrogen-bond donors (Lipinski definition) is 0. The predicted octanol–water partition coefficient (Wildman–Crippen LogP) is 4.36. The van der Waals surface area contributed by atoms with Gasteiger partial charge in [-0.15, -0.1) is 0 Å². The number of para-hydroxylation sites is 1. The van der Waals surface area contributed by atoms with Gasteiger partial charge in [-0.2, -0.15) is 0 Å². The lowest BCUT2D eigenvalue weighted by Gasteiger charge is -2.14. The molecule has 0 amide bonds. The molecule has 0 aliphatic carbocycles. The van der Waals surface area contributed by atoms with E-state index in [1.807, 2.05) is 24.3 Å². The number of aromatic nitrogens is 1. The van der Waals surface area contributed by atoms with Gasteiger partial charge in [-0.3, -0.25) is 0 Å². The van der Waals surface area contributed by atoms with Crippen molar-refractivity contribution in [3.63, 3.8) is 0 Å². The van der Waals surface area contributed by atoms with Crippen LogP contribution in [0.2, 0.25) is 5.02 Å². The van der Waals surface area contributed by atoms with Crippen LogP contribution in [-0.2, 0) is 16.1 Å². The number of ether oxygens (including phenoxy) is 4. The van der Waals surface area contributed by atoms with Crippen LogP contribution in [0.4, 0.5) is 0 Å². The van der Waals surface area contributed by atoms with Crippen LogP contribution in [0.1, 0.15) is 32.0 Å². The number of carbonyl (C=O) groups excluding carboxylic acids is 2. The summed E-state index contributed by atoms with van der Waals surface area (Å²) in [6.07, 6.45) is 0. The summed E-state index contributed by atoms with van der Waals surface area (Å²) in [6, 6.07) is 10.3. The molecule has 3 rings (SSSR count). The SMILES string of the molecule is COC(=O)c1c(COC(=O)c2cc(Cl)c(OC)c(OC)c2)nc2ccccc2c1C. The summed E-state index contributed by atoms with van der Waals surface area (Å²) in [6.45, 7) is 1.58. The molecular weight excluding hydrogens is 410 g/mol. The average molecular weight is 430 g/mol. The van der Waals surface area contributed by atoms with Gasteiger partial charge in [-0.05, 0) is 30.7 Å². The Labute approximate surface area is 178 Å². The van der Waals surface area contributed by atoms with Crippen molar-refractivity contribution < 1.29 is 28.5 Å². The molecule has 0 aliphatic rings. The zero-order chi connectivity index (χ0) is 21.8. The van der Waals surface area contributed by atoms with E-state index in [4.69, 9.17) is 30.5 Å². The van der Waals surface area contributed by atoms with Crippen LogP contribution in [-0.4, -0.2) is 38.3 Å². The van der Waals surface area contributed by atoms with Crippen molar-refractivity contribution in [2.45, 2.75) is 13.5 Å². The molecule has 0 radical (unpaired) electrons. The van der Waals surface area contributed by atoms with E-state index in [2.05, 4.69) is 4.98 Å². The zero-order valence-electron chi connectivity index (χ0n) is 16.9. The molecule has 1 heterocycles. The Morgan fingerprint density at radius 1 is 1.03 bits per heavy atom. The van der Waals surface area contributed by atoms with Crippen molar-refractivity contribution in [1.82, 2.24) is 4.98 Å². The number of aryl methyl sites for hydroxylation is 1. The first kappa shape index (κ1) is 21.4. The van der Waals surface area contributed by atoms with Gasteiger partial charge in [-0.1, -0.05) is 29.8 Å². The van der Waals surface area contributed by atoms with Crippen LogP contribution in [0.25, 0.3) is 10.9 Å². The molecule has 8 heteroatoms. The molecule has 30 heavy (non-hydrogen) atoms. The highest BCUT2D eigenvalue weighted by Crippen LogP contribution is 2.36. The van der Waals surface area contributed by atoms with Crippen molar-refractivity contribution in [2.24, 2.45) is 0 Å². The summed E-state index contributed by atoms with van der Waals surface area (Å²) in [7, 11) is 4.18. The Morgan fingerprint density at radius 2 is 1.77 bits per heavy atom. The predicted molar refractivity (Wildman–Crippen MR) is 111 cm³/mol. The second-order valence-electron chi connectivity index (χ2n) is 6.34. The highest BCUT2D eigenvalue weighted by atomic mass is 35.5. The third-order valence-electron chi connectivity index (χ3n) is 4.63. The van der Waals surface area contributed by atoms with E-state index in [-0.39, 0.29) is 22.8 Å². The Kier molecular flexibility index (Phi) is 6.42. The monoisotopic (exact) mass is 429 g/mol. The molecular formula is C22H20ClNO6. The fourth-order valence-corrected chi connectivity index (χ4v) is 3.46. The summed E-state index contributed by atoms with van der Waals surface area (Å²) in [5.41, 5.74) is 2.14. The first-order valence-corrected chi connectivity index (χ1v) is 9.34. The lowest BCUT2D eigenvalue weighted by atomic mass is 10.0. The number of nitrogens with zero attached hydrogens (tertiary/aromatic N) is 1. The molecule has 0 N–H and O–H groups in total. The van der Waals surface area contributed by atoms with E-state index in [1.54, 1.807) is 6.92 Å². The third-order valence-corrected chi connectivity index (χ3v) is 4.91. The quantitative estimate of drug-likeness (QED) is 0.538. The molecule has 7 nitrogen and oxygen atoms in total. The van der Waals surface area contributed by atoms with Gasteiger partial charge in [0.25, 0.3) is 0 Å². The average Bonchev–Trinajstić information content (AvgIpc) is 2.76. The number of benzene rings is 2. The molecule has 3 aromatic rings. The van der Waals surface area contributed by atoms with Gasteiger partial charge in [0, 0.05) is 5.39 Å². The second kappa shape index (κ2) is 9.00. The smallest absolute Gasteiger partial charge is 0.340 e. The first-order valence-electron chi connectivity index (χ1n) is 8.96. The van der Waals surface area contributed by atoms with E-state index < -0.39 is 11.9 Å². The lowest BCUT2D eigenvalue weighted by molar-refractivity contribution is 0.0455. The number of fused-ring (bicyclic) bond motifs is 1. The molecule has 0 bridgehead atoms. The largest absolute Gasteiger partial charge is 0.493 e. The van der Waals surface area contributed by atoms with E-state index in [9.17, 15) is 9.59 Å². The molecule has 0 saturated heterocycles. The molecule has 0 fully saturated rings. The van der Waals surface area contributed by atoms with Crippen molar-refractivity contribution in [1.29, 1.82) is 0 Å². The van der Waals surface area contributed by atoms with Crippen LogP contribution in [0.15, 0.2) is 36.4 Å². The van der Waals surface area contributed by atoms with Crippen molar-refractivity contribution >= 4 is 34.4 Å². The van der Waals surface area contributed by atoms with Crippen LogP contribution in [0.5, 0.6) is 11.5 Å². The fourth-order valence-electron chi connectivity index (χ4n) is 3.17. The molecule has 0 spiro atoms. The number of halogens is 1. The molecule has 2 aromatic carbocycles. The molecule has 0 unspecified atom stereocenters. The Bertz CT molecular complexity index is 1130. The number of hydrogen-bond acceptors (Lipinski definition) is 7. The standard InChI is InChI=1S/C22H20ClNO6/c1-12-14-7-5-6-8-16(14)24-17(19(12)22(26)29-4)11-30-21(25)13-9-15(23)20(28-3)18(10-13)27-2/h5-10H,11H2,1-4H3. The summed E-state index contributed by atoms with van der Waals surface area (Å²) < 4.78 is 20.7. The lowest BCUT2D eigenvalue weighted by Crippen LogP contribution is -2.14. The number of methoxy groups -OCH3 is 3. The summed E-state index contributed by atoms with van der Waals surface area (Å²) in [5, 5.41) is 1.03.